The zero-order valence-corrected chi connectivity index (χ0v) is 12.0. The third-order valence-corrected chi connectivity index (χ3v) is 3.87. The van der Waals surface area contributed by atoms with Crippen molar-refractivity contribution in [1.29, 1.82) is 0 Å². The molecule has 0 aromatic carbocycles. The van der Waals surface area contributed by atoms with Gasteiger partial charge in [-0.1, -0.05) is 20.8 Å². The zero-order valence-electron chi connectivity index (χ0n) is 12.0. The number of hydrogen-bond acceptors (Lipinski definition) is 3. The summed E-state index contributed by atoms with van der Waals surface area (Å²) in [6, 6.07) is 1.31. The van der Waals surface area contributed by atoms with Crippen molar-refractivity contribution in [2.45, 2.75) is 65.1 Å². The van der Waals surface area contributed by atoms with Crippen LogP contribution in [0.1, 0.15) is 47.0 Å². The highest BCUT2D eigenvalue weighted by molar-refractivity contribution is 4.78. The summed E-state index contributed by atoms with van der Waals surface area (Å²) in [6.45, 7) is 13.2. The molecule has 0 radical (unpaired) electrons. The molecular formula is C14H30N2O. The Morgan fingerprint density at radius 2 is 2.00 bits per heavy atom. The summed E-state index contributed by atoms with van der Waals surface area (Å²) in [5.74, 6) is 0. The maximum atomic E-state index is 5.72. The van der Waals surface area contributed by atoms with Gasteiger partial charge in [-0.25, -0.2) is 0 Å². The highest BCUT2D eigenvalue weighted by Crippen LogP contribution is 2.13. The molecule has 2 atom stereocenters. The second-order valence-corrected chi connectivity index (χ2v) is 5.17. The Balaban J connectivity index is 2.27. The van der Waals surface area contributed by atoms with Crippen molar-refractivity contribution in [1.82, 2.24) is 10.2 Å². The zero-order chi connectivity index (χ0) is 12.7. The lowest BCUT2D eigenvalue weighted by molar-refractivity contribution is -0.0552. The van der Waals surface area contributed by atoms with Crippen LogP contribution in [0.5, 0.6) is 0 Å². The largest absolute Gasteiger partial charge is 0.376 e. The molecule has 3 nitrogen and oxygen atoms in total. The van der Waals surface area contributed by atoms with Crippen LogP contribution < -0.4 is 5.32 Å². The summed E-state index contributed by atoms with van der Waals surface area (Å²) in [5.41, 5.74) is 0. The number of rotatable bonds is 7. The van der Waals surface area contributed by atoms with E-state index in [4.69, 9.17) is 4.74 Å². The van der Waals surface area contributed by atoms with Gasteiger partial charge in [0.2, 0.25) is 0 Å². The van der Waals surface area contributed by atoms with Crippen LogP contribution in [0.15, 0.2) is 0 Å². The van der Waals surface area contributed by atoms with Crippen LogP contribution in [-0.2, 0) is 4.74 Å². The standard InChI is InChI=1S/C14H30N2O/c1-5-13(6-2)15-8-9-16-10-12(4)17-11-14(16)7-3/h12-15H,5-11H2,1-4H3. The first kappa shape index (κ1) is 14.9. The fourth-order valence-corrected chi connectivity index (χ4v) is 2.55. The molecule has 1 heterocycles. The Morgan fingerprint density at radius 1 is 1.29 bits per heavy atom. The number of hydrogen-bond donors (Lipinski definition) is 1. The monoisotopic (exact) mass is 242 g/mol. The molecule has 2 unspecified atom stereocenters. The second-order valence-electron chi connectivity index (χ2n) is 5.17. The highest BCUT2D eigenvalue weighted by Gasteiger charge is 2.24. The molecule has 1 rings (SSSR count). The minimum absolute atomic E-state index is 0.394. The van der Waals surface area contributed by atoms with E-state index in [9.17, 15) is 0 Å². The average molecular weight is 242 g/mol. The first-order valence-electron chi connectivity index (χ1n) is 7.30. The third-order valence-electron chi connectivity index (χ3n) is 3.87. The van der Waals surface area contributed by atoms with Crippen molar-refractivity contribution in [2.24, 2.45) is 0 Å². The Kier molecular flexibility index (Phi) is 7.09. The van der Waals surface area contributed by atoms with E-state index in [1.165, 1.54) is 19.3 Å². The maximum absolute atomic E-state index is 5.72. The molecule has 0 bridgehead atoms. The number of morpholine rings is 1. The molecule has 17 heavy (non-hydrogen) atoms. The summed E-state index contributed by atoms with van der Waals surface area (Å²) >= 11 is 0. The highest BCUT2D eigenvalue weighted by atomic mass is 16.5. The van der Waals surface area contributed by atoms with Gasteiger partial charge in [-0.2, -0.15) is 0 Å². The van der Waals surface area contributed by atoms with Gasteiger partial charge in [-0.15, -0.1) is 0 Å². The lowest BCUT2D eigenvalue weighted by Gasteiger charge is -2.38. The van der Waals surface area contributed by atoms with Gasteiger partial charge in [0.05, 0.1) is 12.7 Å². The van der Waals surface area contributed by atoms with Crippen LogP contribution in [0.2, 0.25) is 0 Å². The molecule has 1 aliphatic rings. The van der Waals surface area contributed by atoms with Crippen LogP contribution >= 0.6 is 0 Å². The van der Waals surface area contributed by atoms with E-state index in [-0.39, 0.29) is 0 Å². The number of nitrogens with one attached hydrogen (secondary N) is 1. The predicted octanol–water partition coefficient (Wildman–Crippen LogP) is 2.26. The van der Waals surface area contributed by atoms with Gasteiger partial charge in [-0.05, 0) is 26.2 Å². The third kappa shape index (κ3) is 4.94. The van der Waals surface area contributed by atoms with Crippen LogP contribution in [-0.4, -0.2) is 49.3 Å². The van der Waals surface area contributed by atoms with E-state index >= 15 is 0 Å². The minimum atomic E-state index is 0.394. The van der Waals surface area contributed by atoms with Crippen LogP contribution in [0, 0.1) is 0 Å². The van der Waals surface area contributed by atoms with Crippen molar-refractivity contribution < 1.29 is 4.74 Å². The summed E-state index contributed by atoms with van der Waals surface area (Å²) in [5, 5.41) is 3.64. The normalized spacial score (nSPS) is 26.6. The Hall–Kier alpha value is -0.120. The van der Waals surface area contributed by atoms with Crippen molar-refractivity contribution >= 4 is 0 Å². The van der Waals surface area contributed by atoms with E-state index < -0.39 is 0 Å². The second kappa shape index (κ2) is 8.06. The van der Waals surface area contributed by atoms with Crippen molar-refractivity contribution in [3.05, 3.63) is 0 Å². The van der Waals surface area contributed by atoms with Gasteiger partial charge in [-0.3, -0.25) is 4.90 Å². The van der Waals surface area contributed by atoms with E-state index in [2.05, 4.69) is 37.9 Å². The molecule has 1 N–H and O–H groups in total. The number of nitrogens with zero attached hydrogens (tertiary/aromatic N) is 1. The van der Waals surface area contributed by atoms with E-state index in [0.29, 0.717) is 18.2 Å². The van der Waals surface area contributed by atoms with E-state index in [1.807, 2.05) is 0 Å². The Bertz CT molecular complexity index is 195. The lowest BCUT2D eigenvalue weighted by atomic mass is 10.1. The molecule has 1 saturated heterocycles. The molecule has 0 aromatic heterocycles. The summed E-state index contributed by atoms with van der Waals surface area (Å²) < 4.78 is 5.72. The van der Waals surface area contributed by atoms with Crippen LogP contribution in [0.3, 0.4) is 0 Å². The fraction of sp³-hybridized carbons (Fsp3) is 1.00. The van der Waals surface area contributed by atoms with Gasteiger partial charge >= 0.3 is 0 Å². The van der Waals surface area contributed by atoms with Gasteiger partial charge in [0.25, 0.3) is 0 Å². The first-order valence-corrected chi connectivity index (χ1v) is 7.30. The summed E-state index contributed by atoms with van der Waals surface area (Å²) in [4.78, 5) is 2.59. The molecule has 1 fully saturated rings. The van der Waals surface area contributed by atoms with Crippen molar-refractivity contribution in [3.8, 4) is 0 Å². The maximum Gasteiger partial charge on any atom is 0.0674 e. The van der Waals surface area contributed by atoms with Gasteiger partial charge in [0.1, 0.15) is 0 Å². The van der Waals surface area contributed by atoms with Gasteiger partial charge in [0.15, 0.2) is 0 Å². The topological polar surface area (TPSA) is 24.5 Å². The lowest BCUT2D eigenvalue weighted by Crippen LogP contribution is -2.51. The SMILES string of the molecule is CCC(CC)NCCN1CC(C)OCC1CC. The van der Waals surface area contributed by atoms with Crippen LogP contribution in [0.25, 0.3) is 0 Å². The van der Waals surface area contributed by atoms with Crippen molar-refractivity contribution in [2.75, 3.05) is 26.2 Å². The molecule has 102 valence electrons. The number of ether oxygens (including phenoxy) is 1. The summed E-state index contributed by atoms with van der Waals surface area (Å²) in [7, 11) is 0. The quantitative estimate of drug-likeness (QED) is 0.741. The molecule has 0 aromatic rings. The molecule has 1 aliphatic heterocycles. The minimum Gasteiger partial charge on any atom is -0.376 e. The van der Waals surface area contributed by atoms with Crippen molar-refractivity contribution in [3.63, 3.8) is 0 Å². The Labute approximate surface area is 107 Å². The van der Waals surface area contributed by atoms with Crippen LogP contribution in [0.4, 0.5) is 0 Å². The molecule has 0 saturated carbocycles. The predicted molar refractivity (Wildman–Crippen MR) is 73.4 cm³/mol. The molecule has 3 heteroatoms. The van der Waals surface area contributed by atoms with E-state index in [1.54, 1.807) is 0 Å². The van der Waals surface area contributed by atoms with E-state index in [0.717, 1.165) is 26.2 Å². The molecule has 0 amide bonds. The Morgan fingerprint density at radius 3 is 2.59 bits per heavy atom. The van der Waals surface area contributed by atoms with Gasteiger partial charge in [0, 0.05) is 31.7 Å². The van der Waals surface area contributed by atoms with Gasteiger partial charge < -0.3 is 10.1 Å². The molecular weight excluding hydrogens is 212 g/mol. The first-order chi connectivity index (χ1) is 8.21. The summed E-state index contributed by atoms with van der Waals surface area (Å²) in [6.07, 6.45) is 4.05. The fourth-order valence-electron chi connectivity index (χ4n) is 2.55. The molecule has 0 spiro atoms. The molecule has 0 aliphatic carbocycles. The average Bonchev–Trinajstić information content (AvgIpc) is 2.35. The smallest absolute Gasteiger partial charge is 0.0674 e.